The summed E-state index contributed by atoms with van der Waals surface area (Å²) in [4.78, 5) is 18.2. The quantitative estimate of drug-likeness (QED) is 0.775. The van der Waals surface area contributed by atoms with Crippen molar-refractivity contribution in [3.05, 3.63) is 17.3 Å². The summed E-state index contributed by atoms with van der Waals surface area (Å²) in [6.45, 7) is 5.07. The van der Waals surface area contributed by atoms with Crippen molar-refractivity contribution in [2.24, 2.45) is 0 Å². The van der Waals surface area contributed by atoms with E-state index in [-0.39, 0.29) is 11.1 Å². The van der Waals surface area contributed by atoms with Gasteiger partial charge in [0.05, 0.1) is 6.20 Å². The Kier molecular flexibility index (Phi) is 3.64. The molecule has 88 valence electrons. The van der Waals surface area contributed by atoms with Crippen molar-refractivity contribution in [2.45, 2.75) is 26.4 Å². The van der Waals surface area contributed by atoms with E-state index in [0.29, 0.717) is 0 Å². The fourth-order valence-corrected chi connectivity index (χ4v) is 0.967. The number of hydrogen-bond donors (Lipinski definition) is 1. The van der Waals surface area contributed by atoms with Crippen molar-refractivity contribution < 1.29 is 13.9 Å². The van der Waals surface area contributed by atoms with Crippen molar-refractivity contribution in [1.82, 2.24) is 9.97 Å². The summed E-state index contributed by atoms with van der Waals surface area (Å²) in [6, 6.07) is 0. The number of anilines is 1. The summed E-state index contributed by atoms with van der Waals surface area (Å²) in [5.41, 5.74) is -0.669. The first-order chi connectivity index (χ1) is 7.28. The van der Waals surface area contributed by atoms with Crippen molar-refractivity contribution in [1.29, 1.82) is 0 Å². The second-order valence-electron chi connectivity index (χ2n) is 3.96. The smallest absolute Gasteiger partial charge is 0.413 e. The third-order valence-electron chi connectivity index (χ3n) is 1.33. The Labute approximate surface area is 97.0 Å². The lowest BCUT2D eigenvalue weighted by atomic mass is 10.2. The largest absolute Gasteiger partial charge is 0.444 e. The molecule has 5 nitrogen and oxygen atoms in total. The van der Waals surface area contributed by atoms with Crippen LogP contribution in [0.2, 0.25) is 5.28 Å². The number of aromatic nitrogens is 2. The number of amides is 1. The lowest BCUT2D eigenvalue weighted by Gasteiger charge is -2.19. The van der Waals surface area contributed by atoms with Crippen LogP contribution in [-0.4, -0.2) is 21.7 Å². The Bertz CT molecular complexity index is 406. The third-order valence-corrected chi connectivity index (χ3v) is 1.52. The standard InChI is InChI=1S/C9H11ClFN3O2/c1-9(2,3)16-8(15)14-6-5(11)4-12-7(10)13-6/h4H,1-3H3,(H,12,13,14,15). The van der Waals surface area contributed by atoms with Gasteiger partial charge in [0.2, 0.25) is 5.28 Å². The second-order valence-corrected chi connectivity index (χ2v) is 4.30. The highest BCUT2D eigenvalue weighted by molar-refractivity contribution is 6.28. The Morgan fingerprint density at radius 2 is 2.19 bits per heavy atom. The van der Waals surface area contributed by atoms with E-state index < -0.39 is 17.5 Å². The van der Waals surface area contributed by atoms with Gasteiger partial charge in [-0.2, -0.15) is 4.98 Å². The molecule has 1 aromatic rings. The Hall–Kier alpha value is -1.43. The van der Waals surface area contributed by atoms with Crippen LogP contribution in [0.3, 0.4) is 0 Å². The average Bonchev–Trinajstić information content (AvgIpc) is 2.08. The van der Waals surface area contributed by atoms with Crippen molar-refractivity contribution >= 4 is 23.5 Å². The van der Waals surface area contributed by atoms with Crippen LogP contribution in [0.15, 0.2) is 6.20 Å². The summed E-state index contributed by atoms with van der Waals surface area (Å²) in [5.74, 6) is -1.09. The van der Waals surface area contributed by atoms with Gasteiger partial charge in [-0.3, -0.25) is 5.32 Å². The lowest BCUT2D eigenvalue weighted by Crippen LogP contribution is -2.27. The number of rotatable bonds is 1. The van der Waals surface area contributed by atoms with Crippen LogP contribution in [0, 0.1) is 5.82 Å². The summed E-state index contributed by atoms with van der Waals surface area (Å²) in [7, 11) is 0. The molecule has 0 aliphatic carbocycles. The molecule has 0 aliphatic rings. The molecule has 0 saturated heterocycles. The molecule has 0 fully saturated rings. The van der Waals surface area contributed by atoms with E-state index in [0.717, 1.165) is 6.20 Å². The number of halogens is 2. The van der Waals surface area contributed by atoms with Gasteiger partial charge in [0.15, 0.2) is 11.6 Å². The number of ether oxygens (including phenoxy) is 1. The molecular formula is C9H11ClFN3O2. The second kappa shape index (κ2) is 4.61. The molecule has 1 N–H and O–H groups in total. The molecule has 1 amide bonds. The molecule has 1 aromatic heterocycles. The van der Waals surface area contributed by atoms with Gasteiger partial charge in [-0.05, 0) is 32.4 Å². The molecule has 0 aromatic carbocycles. The molecule has 16 heavy (non-hydrogen) atoms. The highest BCUT2D eigenvalue weighted by Gasteiger charge is 2.18. The predicted molar refractivity (Wildman–Crippen MR) is 56.9 cm³/mol. The van der Waals surface area contributed by atoms with E-state index in [1.807, 2.05) is 0 Å². The number of nitrogens with zero attached hydrogens (tertiary/aromatic N) is 2. The van der Waals surface area contributed by atoms with Crippen LogP contribution in [0.5, 0.6) is 0 Å². The molecule has 0 atom stereocenters. The maximum absolute atomic E-state index is 13.1. The number of carbonyl (C=O) groups is 1. The Balaban J connectivity index is 2.73. The molecule has 7 heteroatoms. The highest BCUT2D eigenvalue weighted by Crippen LogP contribution is 2.14. The Morgan fingerprint density at radius 3 is 2.75 bits per heavy atom. The van der Waals surface area contributed by atoms with Gasteiger partial charge in [0, 0.05) is 0 Å². The zero-order valence-corrected chi connectivity index (χ0v) is 9.80. The van der Waals surface area contributed by atoms with Crippen molar-refractivity contribution in [2.75, 3.05) is 5.32 Å². The first-order valence-electron chi connectivity index (χ1n) is 4.46. The van der Waals surface area contributed by atoms with Gasteiger partial charge in [-0.1, -0.05) is 0 Å². The highest BCUT2D eigenvalue weighted by atomic mass is 35.5. The van der Waals surface area contributed by atoms with Crippen LogP contribution in [-0.2, 0) is 4.74 Å². The van der Waals surface area contributed by atoms with Crippen molar-refractivity contribution in [3.63, 3.8) is 0 Å². The monoisotopic (exact) mass is 247 g/mol. The maximum atomic E-state index is 13.1. The average molecular weight is 248 g/mol. The minimum Gasteiger partial charge on any atom is -0.444 e. The summed E-state index contributed by atoms with van der Waals surface area (Å²) < 4.78 is 18.0. The summed E-state index contributed by atoms with van der Waals surface area (Å²) >= 11 is 5.45. The zero-order valence-electron chi connectivity index (χ0n) is 9.04. The van der Waals surface area contributed by atoms with Crippen LogP contribution in [0.4, 0.5) is 15.0 Å². The summed E-state index contributed by atoms with van der Waals surface area (Å²) in [6.07, 6.45) is 0.0587. The van der Waals surface area contributed by atoms with Crippen LogP contribution >= 0.6 is 11.6 Å². The van der Waals surface area contributed by atoms with Crippen LogP contribution < -0.4 is 5.32 Å². The van der Waals surface area contributed by atoms with E-state index >= 15 is 0 Å². The first-order valence-corrected chi connectivity index (χ1v) is 4.84. The molecular weight excluding hydrogens is 237 g/mol. The van der Waals surface area contributed by atoms with Gasteiger partial charge >= 0.3 is 6.09 Å². The first kappa shape index (κ1) is 12.6. The van der Waals surface area contributed by atoms with Gasteiger partial charge in [-0.15, -0.1) is 0 Å². The van der Waals surface area contributed by atoms with E-state index in [4.69, 9.17) is 16.3 Å². The van der Waals surface area contributed by atoms with Gasteiger partial charge < -0.3 is 4.74 Å². The fourth-order valence-electron chi connectivity index (χ4n) is 0.834. The van der Waals surface area contributed by atoms with Crippen LogP contribution in [0.1, 0.15) is 20.8 Å². The van der Waals surface area contributed by atoms with Crippen molar-refractivity contribution in [3.8, 4) is 0 Å². The van der Waals surface area contributed by atoms with Gasteiger partial charge in [0.25, 0.3) is 0 Å². The molecule has 1 heterocycles. The summed E-state index contributed by atoms with van der Waals surface area (Å²) in [5, 5.41) is 1.98. The zero-order chi connectivity index (χ0) is 12.3. The van der Waals surface area contributed by atoms with E-state index in [9.17, 15) is 9.18 Å². The van der Waals surface area contributed by atoms with E-state index in [2.05, 4.69) is 15.3 Å². The van der Waals surface area contributed by atoms with E-state index in [1.54, 1.807) is 20.8 Å². The topological polar surface area (TPSA) is 64.1 Å². The Morgan fingerprint density at radius 1 is 1.56 bits per heavy atom. The predicted octanol–water partition coefficient (Wildman–Crippen LogP) is 2.62. The molecule has 0 spiro atoms. The number of nitrogens with one attached hydrogen (secondary N) is 1. The fraction of sp³-hybridized carbons (Fsp3) is 0.444. The molecule has 1 rings (SSSR count). The van der Waals surface area contributed by atoms with Gasteiger partial charge in [0.1, 0.15) is 5.60 Å². The van der Waals surface area contributed by atoms with Crippen LogP contribution in [0.25, 0.3) is 0 Å². The molecule has 0 radical (unpaired) electrons. The minimum atomic E-state index is -0.804. The minimum absolute atomic E-state index is 0.160. The number of hydrogen-bond acceptors (Lipinski definition) is 4. The molecule has 0 aliphatic heterocycles. The van der Waals surface area contributed by atoms with Gasteiger partial charge in [-0.25, -0.2) is 14.2 Å². The maximum Gasteiger partial charge on any atom is 0.413 e. The molecule has 0 bridgehead atoms. The number of carbonyl (C=O) groups excluding carboxylic acids is 1. The normalized spacial score (nSPS) is 11.1. The SMILES string of the molecule is CC(C)(C)OC(=O)Nc1nc(Cl)ncc1F. The molecule has 0 saturated carbocycles. The lowest BCUT2D eigenvalue weighted by molar-refractivity contribution is 0.0634. The van der Waals surface area contributed by atoms with E-state index in [1.165, 1.54) is 0 Å². The third kappa shape index (κ3) is 3.98. The molecule has 0 unspecified atom stereocenters.